The highest BCUT2D eigenvalue weighted by molar-refractivity contribution is 6.21. The number of amides is 2. The van der Waals surface area contributed by atoms with Crippen molar-refractivity contribution < 1.29 is 14.0 Å². The van der Waals surface area contributed by atoms with Gasteiger partial charge in [-0.2, -0.15) is 5.26 Å². The van der Waals surface area contributed by atoms with Crippen LogP contribution in [0.2, 0.25) is 0 Å². The number of hydrogen-bond donors (Lipinski definition) is 0. The summed E-state index contributed by atoms with van der Waals surface area (Å²) in [5, 5.41) is 9.02. The Morgan fingerprint density at radius 3 is 2.19 bits per heavy atom. The minimum Gasteiger partial charge on any atom is -0.270 e. The number of fused-ring (bicyclic) bond motifs is 1. The molecule has 0 saturated carbocycles. The summed E-state index contributed by atoms with van der Waals surface area (Å²) in [6.07, 6.45) is 0. The normalized spacial score (nSPS) is 13.2. The van der Waals surface area contributed by atoms with Gasteiger partial charge in [-0.25, -0.2) is 4.39 Å². The smallest absolute Gasteiger partial charge is 0.261 e. The van der Waals surface area contributed by atoms with Crippen LogP contribution in [0, 0.1) is 17.1 Å². The summed E-state index contributed by atoms with van der Waals surface area (Å²) in [6.45, 7) is -0.248. The first-order valence-electron chi connectivity index (χ1n) is 6.26. The van der Waals surface area contributed by atoms with Crippen LogP contribution < -0.4 is 0 Å². The predicted molar refractivity (Wildman–Crippen MR) is 71.8 cm³/mol. The van der Waals surface area contributed by atoms with E-state index in [0.717, 1.165) is 4.90 Å². The van der Waals surface area contributed by atoms with E-state index < -0.39 is 17.6 Å². The Kier molecular flexibility index (Phi) is 2.99. The molecule has 0 spiro atoms. The summed E-state index contributed by atoms with van der Waals surface area (Å²) in [6, 6.07) is 12.4. The molecule has 2 aromatic carbocycles. The van der Waals surface area contributed by atoms with Crippen LogP contribution in [0.25, 0.3) is 0 Å². The SMILES string of the molecule is N#Cc1cccc(F)c1CN1C(=O)c2ccccc2C1=O. The van der Waals surface area contributed by atoms with Crippen molar-refractivity contribution in [3.8, 4) is 6.07 Å². The van der Waals surface area contributed by atoms with Crippen LogP contribution in [-0.4, -0.2) is 16.7 Å². The van der Waals surface area contributed by atoms with E-state index in [1.54, 1.807) is 24.3 Å². The van der Waals surface area contributed by atoms with Crippen molar-refractivity contribution in [3.05, 3.63) is 70.5 Å². The van der Waals surface area contributed by atoms with E-state index in [9.17, 15) is 14.0 Å². The third kappa shape index (κ3) is 1.98. The first kappa shape index (κ1) is 13.0. The van der Waals surface area contributed by atoms with Crippen LogP contribution in [0.5, 0.6) is 0 Å². The summed E-state index contributed by atoms with van der Waals surface area (Å²) in [5.74, 6) is -1.55. The zero-order valence-electron chi connectivity index (χ0n) is 10.8. The molecule has 0 atom stereocenters. The van der Waals surface area contributed by atoms with Crippen molar-refractivity contribution in [2.45, 2.75) is 6.54 Å². The van der Waals surface area contributed by atoms with Crippen LogP contribution in [0.3, 0.4) is 0 Å². The summed E-state index contributed by atoms with van der Waals surface area (Å²) in [7, 11) is 0. The second-order valence-electron chi connectivity index (χ2n) is 4.62. The molecule has 0 fully saturated rings. The fraction of sp³-hybridized carbons (Fsp3) is 0.0625. The lowest BCUT2D eigenvalue weighted by Crippen LogP contribution is -2.29. The molecule has 21 heavy (non-hydrogen) atoms. The second kappa shape index (κ2) is 4.84. The highest BCUT2D eigenvalue weighted by Gasteiger charge is 2.35. The van der Waals surface area contributed by atoms with Gasteiger partial charge in [-0.15, -0.1) is 0 Å². The van der Waals surface area contributed by atoms with Crippen molar-refractivity contribution in [3.63, 3.8) is 0 Å². The van der Waals surface area contributed by atoms with Crippen LogP contribution in [0.15, 0.2) is 42.5 Å². The second-order valence-corrected chi connectivity index (χ2v) is 4.62. The summed E-state index contributed by atoms with van der Waals surface area (Å²) in [4.78, 5) is 25.4. The fourth-order valence-electron chi connectivity index (χ4n) is 2.36. The van der Waals surface area contributed by atoms with Crippen molar-refractivity contribution in [2.75, 3.05) is 0 Å². The molecule has 0 aliphatic carbocycles. The molecule has 4 nitrogen and oxygen atoms in total. The first-order chi connectivity index (χ1) is 10.1. The number of nitriles is 1. The average molecular weight is 280 g/mol. The van der Waals surface area contributed by atoms with Gasteiger partial charge < -0.3 is 0 Å². The lowest BCUT2D eigenvalue weighted by atomic mass is 10.1. The van der Waals surface area contributed by atoms with Crippen LogP contribution >= 0.6 is 0 Å². The van der Waals surface area contributed by atoms with E-state index >= 15 is 0 Å². The molecule has 1 aliphatic heterocycles. The quantitative estimate of drug-likeness (QED) is 0.794. The monoisotopic (exact) mass is 280 g/mol. The number of nitrogens with zero attached hydrogens (tertiary/aromatic N) is 2. The lowest BCUT2D eigenvalue weighted by molar-refractivity contribution is 0.0641. The molecular formula is C16H9FN2O2. The van der Waals surface area contributed by atoms with Gasteiger partial charge in [-0.3, -0.25) is 14.5 Å². The van der Waals surface area contributed by atoms with Gasteiger partial charge in [0.05, 0.1) is 29.3 Å². The fourth-order valence-corrected chi connectivity index (χ4v) is 2.36. The zero-order valence-corrected chi connectivity index (χ0v) is 10.8. The first-order valence-corrected chi connectivity index (χ1v) is 6.26. The highest BCUT2D eigenvalue weighted by Crippen LogP contribution is 2.25. The molecule has 0 bridgehead atoms. The third-order valence-electron chi connectivity index (χ3n) is 3.43. The standard InChI is InChI=1S/C16H9FN2O2/c17-14-7-3-4-10(8-18)13(14)9-19-15(20)11-5-1-2-6-12(11)16(19)21/h1-7H,9H2. The third-order valence-corrected chi connectivity index (χ3v) is 3.43. The van der Waals surface area contributed by atoms with E-state index in [1.165, 1.54) is 18.2 Å². The van der Waals surface area contributed by atoms with Crippen molar-refractivity contribution in [1.82, 2.24) is 4.90 Å². The van der Waals surface area contributed by atoms with Gasteiger partial charge in [0.15, 0.2) is 0 Å². The van der Waals surface area contributed by atoms with Crippen molar-refractivity contribution in [1.29, 1.82) is 5.26 Å². The number of benzene rings is 2. The Balaban J connectivity index is 2.01. The van der Waals surface area contributed by atoms with Crippen molar-refractivity contribution >= 4 is 11.8 Å². The van der Waals surface area contributed by atoms with E-state index in [4.69, 9.17) is 5.26 Å². The molecule has 5 heteroatoms. The van der Waals surface area contributed by atoms with E-state index in [0.29, 0.717) is 11.1 Å². The molecule has 2 aromatic rings. The maximum absolute atomic E-state index is 13.9. The van der Waals surface area contributed by atoms with Crippen molar-refractivity contribution in [2.24, 2.45) is 0 Å². The van der Waals surface area contributed by atoms with E-state index in [1.807, 2.05) is 6.07 Å². The van der Waals surface area contributed by atoms with Gasteiger partial charge in [0.25, 0.3) is 11.8 Å². The Morgan fingerprint density at radius 2 is 1.62 bits per heavy atom. The van der Waals surface area contributed by atoms with Gasteiger partial charge in [0, 0.05) is 5.56 Å². The Hall–Kier alpha value is -3.00. The van der Waals surface area contributed by atoms with Gasteiger partial charge in [0.1, 0.15) is 5.82 Å². The summed E-state index contributed by atoms with van der Waals surface area (Å²) < 4.78 is 13.9. The largest absolute Gasteiger partial charge is 0.270 e. The maximum Gasteiger partial charge on any atom is 0.261 e. The van der Waals surface area contributed by atoms with Gasteiger partial charge in [0.2, 0.25) is 0 Å². The summed E-state index contributed by atoms with van der Waals surface area (Å²) in [5.41, 5.74) is 0.774. The molecule has 102 valence electrons. The number of rotatable bonds is 2. The molecular weight excluding hydrogens is 271 g/mol. The molecule has 3 rings (SSSR count). The number of carbonyl (C=O) groups is 2. The molecule has 0 unspecified atom stereocenters. The lowest BCUT2D eigenvalue weighted by Gasteiger charge is -2.15. The Labute approximate surface area is 120 Å². The van der Waals surface area contributed by atoms with Gasteiger partial charge in [-0.05, 0) is 24.3 Å². The molecule has 0 saturated heterocycles. The molecule has 1 heterocycles. The highest BCUT2D eigenvalue weighted by atomic mass is 19.1. The summed E-state index contributed by atoms with van der Waals surface area (Å²) >= 11 is 0. The van der Waals surface area contributed by atoms with Crippen LogP contribution in [0.1, 0.15) is 31.8 Å². The predicted octanol–water partition coefficient (Wildman–Crippen LogP) is 2.49. The average Bonchev–Trinajstić information content (AvgIpc) is 2.74. The molecule has 1 aliphatic rings. The number of hydrogen-bond acceptors (Lipinski definition) is 3. The van der Waals surface area contributed by atoms with E-state index in [2.05, 4.69) is 0 Å². The maximum atomic E-state index is 13.9. The molecule has 0 radical (unpaired) electrons. The minimum atomic E-state index is -0.606. The van der Waals surface area contributed by atoms with E-state index in [-0.39, 0.29) is 17.7 Å². The van der Waals surface area contributed by atoms with Gasteiger partial charge >= 0.3 is 0 Å². The Morgan fingerprint density at radius 1 is 1.00 bits per heavy atom. The molecule has 2 amide bonds. The molecule has 0 aromatic heterocycles. The van der Waals surface area contributed by atoms with Crippen LogP contribution in [-0.2, 0) is 6.54 Å². The Bertz CT molecular complexity index is 773. The number of halogens is 1. The number of carbonyl (C=O) groups excluding carboxylic acids is 2. The van der Waals surface area contributed by atoms with Gasteiger partial charge in [-0.1, -0.05) is 18.2 Å². The minimum absolute atomic E-state index is 0.0505. The van der Waals surface area contributed by atoms with Crippen LogP contribution in [0.4, 0.5) is 4.39 Å². The topological polar surface area (TPSA) is 61.2 Å². The number of imide groups is 1. The molecule has 0 N–H and O–H groups in total. The zero-order chi connectivity index (χ0) is 15.0.